The molecule has 0 amide bonds. The van der Waals surface area contributed by atoms with Gasteiger partial charge in [-0.3, -0.25) is 4.90 Å². The molecule has 100 valence electrons. The molecule has 0 aromatic carbocycles. The van der Waals surface area contributed by atoms with Crippen LogP contribution < -0.4 is 5.32 Å². The highest BCUT2D eigenvalue weighted by atomic mass is 15.1. The fraction of sp³-hybridized carbons (Fsp3) is 0.667. The third-order valence-corrected chi connectivity index (χ3v) is 3.92. The van der Waals surface area contributed by atoms with Crippen LogP contribution in [0.25, 0.3) is 0 Å². The second-order valence-corrected chi connectivity index (χ2v) is 5.32. The zero-order chi connectivity index (χ0) is 12.8. The molecule has 0 saturated heterocycles. The molecule has 0 bridgehead atoms. The summed E-state index contributed by atoms with van der Waals surface area (Å²) >= 11 is 0. The molecule has 1 saturated carbocycles. The molecule has 1 aliphatic carbocycles. The zero-order valence-corrected chi connectivity index (χ0v) is 11.7. The van der Waals surface area contributed by atoms with Gasteiger partial charge in [0.15, 0.2) is 0 Å². The van der Waals surface area contributed by atoms with Gasteiger partial charge in [-0.2, -0.15) is 0 Å². The Morgan fingerprint density at radius 1 is 1.22 bits per heavy atom. The molecule has 0 spiro atoms. The quantitative estimate of drug-likeness (QED) is 0.828. The van der Waals surface area contributed by atoms with Crippen LogP contribution in [0, 0.1) is 0 Å². The predicted molar refractivity (Wildman–Crippen MR) is 76.7 cm³/mol. The van der Waals surface area contributed by atoms with Crippen molar-refractivity contribution in [2.24, 2.45) is 0 Å². The second-order valence-electron chi connectivity index (χ2n) is 5.32. The maximum atomic E-state index is 4.60. The summed E-state index contributed by atoms with van der Waals surface area (Å²) < 4.78 is 0. The summed E-state index contributed by atoms with van der Waals surface area (Å²) in [6.07, 6.45) is 8.30. The van der Waals surface area contributed by atoms with Crippen LogP contribution in [0.15, 0.2) is 18.2 Å². The highest BCUT2D eigenvalue weighted by molar-refractivity contribution is 5.34. The standard InChI is InChI=1S/C15H25N3/c1-16-15-11-7-8-13(17-15)12-18(2)14-9-5-3-4-6-10-14/h7-8,11,14H,3-6,9-10,12H2,1-2H3,(H,16,17). The van der Waals surface area contributed by atoms with Gasteiger partial charge in [0, 0.05) is 19.6 Å². The summed E-state index contributed by atoms with van der Waals surface area (Å²) in [6, 6.07) is 6.95. The number of nitrogens with zero attached hydrogens (tertiary/aromatic N) is 2. The molecule has 0 atom stereocenters. The Hall–Kier alpha value is -1.09. The first-order chi connectivity index (χ1) is 8.79. The molecule has 3 nitrogen and oxygen atoms in total. The minimum absolute atomic E-state index is 0.743. The summed E-state index contributed by atoms with van der Waals surface area (Å²) in [7, 11) is 4.16. The van der Waals surface area contributed by atoms with Crippen LogP contribution in [0.5, 0.6) is 0 Å². The number of rotatable bonds is 4. The van der Waals surface area contributed by atoms with E-state index in [0.29, 0.717) is 0 Å². The maximum absolute atomic E-state index is 4.60. The van der Waals surface area contributed by atoms with Gasteiger partial charge >= 0.3 is 0 Å². The van der Waals surface area contributed by atoms with Gasteiger partial charge in [0.2, 0.25) is 0 Å². The van der Waals surface area contributed by atoms with Gasteiger partial charge in [-0.25, -0.2) is 4.98 Å². The van der Waals surface area contributed by atoms with Crippen LogP contribution in [0.2, 0.25) is 0 Å². The van der Waals surface area contributed by atoms with Crippen molar-refractivity contribution in [2.75, 3.05) is 19.4 Å². The van der Waals surface area contributed by atoms with E-state index in [4.69, 9.17) is 0 Å². The monoisotopic (exact) mass is 247 g/mol. The van der Waals surface area contributed by atoms with Crippen molar-refractivity contribution >= 4 is 5.82 Å². The van der Waals surface area contributed by atoms with Gasteiger partial charge in [0.05, 0.1) is 5.69 Å². The number of anilines is 1. The van der Waals surface area contributed by atoms with E-state index >= 15 is 0 Å². The summed E-state index contributed by atoms with van der Waals surface area (Å²) in [4.78, 5) is 7.08. The van der Waals surface area contributed by atoms with Crippen molar-refractivity contribution in [3.05, 3.63) is 23.9 Å². The SMILES string of the molecule is CNc1cccc(CN(C)C2CCCCCC2)n1. The highest BCUT2D eigenvalue weighted by Crippen LogP contribution is 2.22. The van der Waals surface area contributed by atoms with E-state index in [2.05, 4.69) is 34.4 Å². The largest absolute Gasteiger partial charge is 0.373 e. The third-order valence-electron chi connectivity index (χ3n) is 3.92. The maximum Gasteiger partial charge on any atom is 0.126 e. The van der Waals surface area contributed by atoms with E-state index in [1.807, 2.05) is 13.1 Å². The molecule has 1 aromatic heterocycles. The first-order valence-electron chi connectivity index (χ1n) is 7.13. The van der Waals surface area contributed by atoms with E-state index < -0.39 is 0 Å². The molecule has 18 heavy (non-hydrogen) atoms. The van der Waals surface area contributed by atoms with E-state index in [-0.39, 0.29) is 0 Å². The van der Waals surface area contributed by atoms with Crippen molar-refractivity contribution in [3.63, 3.8) is 0 Å². The summed E-state index contributed by atoms with van der Waals surface area (Å²) in [5.41, 5.74) is 1.16. The Balaban J connectivity index is 1.94. The molecule has 0 aliphatic heterocycles. The van der Waals surface area contributed by atoms with Gasteiger partial charge in [-0.1, -0.05) is 31.7 Å². The minimum Gasteiger partial charge on any atom is -0.373 e. The van der Waals surface area contributed by atoms with Crippen LogP contribution in [-0.4, -0.2) is 30.0 Å². The molecule has 2 rings (SSSR count). The van der Waals surface area contributed by atoms with E-state index in [0.717, 1.165) is 24.1 Å². The molecule has 1 fully saturated rings. The summed E-state index contributed by atoms with van der Waals surface area (Å²) in [5, 5.41) is 3.10. The van der Waals surface area contributed by atoms with Crippen LogP contribution in [0.4, 0.5) is 5.82 Å². The number of pyridine rings is 1. The molecule has 1 N–H and O–H groups in total. The van der Waals surface area contributed by atoms with E-state index in [1.54, 1.807) is 0 Å². The minimum atomic E-state index is 0.743. The van der Waals surface area contributed by atoms with Gasteiger partial charge in [-0.05, 0) is 32.0 Å². The lowest BCUT2D eigenvalue weighted by atomic mass is 10.1. The smallest absolute Gasteiger partial charge is 0.126 e. The highest BCUT2D eigenvalue weighted by Gasteiger charge is 2.17. The average molecular weight is 247 g/mol. The Morgan fingerprint density at radius 3 is 2.61 bits per heavy atom. The Kier molecular flexibility index (Phi) is 5.00. The molecule has 0 unspecified atom stereocenters. The second kappa shape index (κ2) is 6.74. The number of hydrogen-bond donors (Lipinski definition) is 1. The van der Waals surface area contributed by atoms with E-state index in [1.165, 1.54) is 38.5 Å². The first kappa shape index (κ1) is 13.3. The van der Waals surface area contributed by atoms with Crippen molar-refractivity contribution in [1.29, 1.82) is 0 Å². The Labute approximate surface area is 111 Å². The molecule has 1 aromatic rings. The van der Waals surface area contributed by atoms with Crippen LogP contribution in [-0.2, 0) is 6.54 Å². The lowest BCUT2D eigenvalue weighted by Crippen LogP contribution is -2.31. The van der Waals surface area contributed by atoms with Crippen LogP contribution >= 0.6 is 0 Å². The van der Waals surface area contributed by atoms with Crippen molar-refractivity contribution in [2.45, 2.75) is 51.1 Å². The van der Waals surface area contributed by atoms with Crippen molar-refractivity contribution in [3.8, 4) is 0 Å². The van der Waals surface area contributed by atoms with Gasteiger partial charge in [0.25, 0.3) is 0 Å². The third kappa shape index (κ3) is 3.70. The summed E-state index contributed by atoms with van der Waals surface area (Å²) in [5.74, 6) is 0.960. The predicted octanol–water partition coefficient (Wildman–Crippen LogP) is 3.28. The lowest BCUT2D eigenvalue weighted by molar-refractivity contribution is 0.211. The van der Waals surface area contributed by atoms with Gasteiger partial charge < -0.3 is 5.32 Å². The molecule has 0 radical (unpaired) electrons. The molecular formula is C15H25N3. The van der Waals surface area contributed by atoms with Gasteiger partial charge in [0.1, 0.15) is 5.82 Å². The molecular weight excluding hydrogens is 222 g/mol. The fourth-order valence-corrected chi connectivity index (χ4v) is 2.79. The number of hydrogen-bond acceptors (Lipinski definition) is 3. The van der Waals surface area contributed by atoms with Crippen LogP contribution in [0.1, 0.15) is 44.2 Å². The van der Waals surface area contributed by atoms with Crippen molar-refractivity contribution in [1.82, 2.24) is 9.88 Å². The summed E-state index contributed by atoms with van der Waals surface area (Å²) in [6.45, 7) is 0.959. The Morgan fingerprint density at radius 2 is 1.94 bits per heavy atom. The Bertz CT molecular complexity index is 357. The number of aromatic nitrogens is 1. The topological polar surface area (TPSA) is 28.2 Å². The van der Waals surface area contributed by atoms with E-state index in [9.17, 15) is 0 Å². The van der Waals surface area contributed by atoms with Crippen molar-refractivity contribution < 1.29 is 0 Å². The molecule has 1 heterocycles. The molecule has 3 heteroatoms. The zero-order valence-electron chi connectivity index (χ0n) is 11.7. The fourth-order valence-electron chi connectivity index (χ4n) is 2.79. The first-order valence-corrected chi connectivity index (χ1v) is 7.13. The molecule has 1 aliphatic rings. The van der Waals surface area contributed by atoms with Crippen LogP contribution in [0.3, 0.4) is 0 Å². The average Bonchev–Trinajstić information content (AvgIpc) is 2.68. The normalized spacial score (nSPS) is 17.7. The van der Waals surface area contributed by atoms with Gasteiger partial charge in [-0.15, -0.1) is 0 Å². The lowest BCUT2D eigenvalue weighted by Gasteiger charge is -2.26. The number of nitrogens with one attached hydrogen (secondary N) is 1.